The first-order valence-corrected chi connectivity index (χ1v) is 6.80. The summed E-state index contributed by atoms with van der Waals surface area (Å²) in [6.07, 6.45) is 0. The Hall–Kier alpha value is -2.34. The molecule has 0 spiro atoms. The summed E-state index contributed by atoms with van der Waals surface area (Å²) in [6, 6.07) is 11.0. The third-order valence-corrected chi connectivity index (χ3v) is 3.49. The van der Waals surface area contributed by atoms with Crippen LogP contribution in [0.25, 0.3) is 22.3 Å². The quantitative estimate of drug-likeness (QED) is 0.764. The van der Waals surface area contributed by atoms with Gasteiger partial charge in [-0.05, 0) is 30.3 Å². The third-order valence-electron chi connectivity index (χ3n) is 2.96. The van der Waals surface area contributed by atoms with Crippen LogP contribution in [0.4, 0.5) is 4.39 Å². The van der Waals surface area contributed by atoms with E-state index in [1.807, 2.05) is 12.1 Å². The number of aromatic carboxylic acids is 1. The summed E-state index contributed by atoms with van der Waals surface area (Å²) in [4.78, 5) is 19.7. The molecule has 6 heteroatoms. The summed E-state index contributed by atoms with van der Waals surface area (Å²) < 4.78 is 14.2. The van der Waals surface area contributed by atoms with Crippen molar-refractivity contribution in [3.8, 4) is 11.4 Å². The number of hydrogen-bond donors (Lipinski definition) is 1. The lowest BCUT2D eigenvalue weighted by molar-refractivity contribution is 0.0693. The second-order valence-corrected chi connectivity index (χ2v) is 5.29. The van der Waals surface area contributed by atoms with Crippen molar-refractivity contribution in [1.82, 2.24) is 9.97 Å². The van der Waals surface area contributed by atoms with Crippen molar-refractivity contribution in [2.24, 2.45) is 0 Å². The molecule has 0 aliphatic heterocycles. The van der Waals surface area contributed by atoms with Crippen LogP contribution in [0.3, 0.4) is 0 Å². The molecule has 1 heterocycles. The van der Waals surface area contributed by atoms with Crippen molar-refractivity contribution >= 4 is 32.8 Å². The fourth-order valence-electron chi connectivity index (χ4n) is 1.99. The first kappa shape index (κ1) is 13.6. The van der Waals surface area contributed by atoms with E-state index in [4.69, 9.17) is 0 Å². The van der Waals surface area contributed by atoms with Gasteiger partial charge in [0.05, 0.1) is 5.52 Å². The molecule has 4 nitrogen and oxygen atoms in total. The van der Waals surface area contributed by atoms with Crippen molar-refractivity contribution in [3.63, 3.8) is 0 Å². The predicted molar refractivity (Wildman–Crippen MR) is 79.6 cm³/mol. The first-order chi connectivity index (χ1) is 10.0. The standard InChI is InChI=1S/C15H8BrFN2O2/c16-9-3-1-8(2-4-9)14-18-12-6-5-10(17)7-11(12)13(19-14)15(20)21/h1-7H,(H,20,21). The number of aromatic nitrogens is 2. The van der Waals surface area contributed by atoms with Crippen LogP contribution in [0.1, 0.15) is 10.5 Å². The average molecular weight is 347 g/mol. The summed E-state index contributed by atoms with van der Waals surface area (Å²) in [5, 5.41) is 9.45. The lowest BCUT2D eigenvalue weighted by Crippen LogP contribution is -2.05. The Balaban J connectivity index is 2.28. The van der Waals surface area contributed by atoms with Crippen LogP contribution in [0, 0.1) is 5.82 Å². The number of halogens is 2. The summed E-state index contributed by atoms with van der Waals surface area (Å²) in [6.45, 7) is 0. The van der Waals surface area contributed by atoms with E-state index in [0.29, 0.717) is 16.9 Å². The molecule has 3 rings (SSSR count). The normalized spacial score (nSPS) is 10.8. The molecular weight excluding hydrogens is 339 g/mol. The van der Waals surface area contributed by atoms with Crippen LogP contribution >= 0.6 is 15.9 Å². The zero-order valence-corrected chi connectivity index (χ0v) is 12.1. The molecule has 0 atom stereocenters. The molecule has 0 saturated carbocycles. The highest BCUT2D eigenvalue weighted by atomic mass is 79.9. The Morgan fingerprint density at radius 2 is 1.81 bits per heavy atom. The lowest BCUT2D eigenvalue weighted by atomic mass is 10.1. The highest BCUT2D eigenvalue weighted by Crippen LogP contribution is 2.23. The van der Waals surface area contributed by atoms with Gasteiger partial charge in [-0.25, -0.2) is 19.2 Å². The molecule has 2 aromatic carbocycles. The van der Waals surface area contributed by atoms with E-state index in [1.165, 1.54) is 12.1 Å². The monoisotopic (exact) mass is 346 g/mol. The third kappa shape index (κ3) is 2.62. The molecule has 1 aromatic heterocycles. The Bertz CT molecular complexity index is 850. The number of carboxylic acids is 1. The SMILES string of the molecule is O=C(O)c1nc(-c2ccc(Br)cc2)nc2ccc(F)cc12. The van der Waals surface area contributed by atoms with Crippen molar-refractivity contribution < 1.29 is 14.3 Å². The van der Waals surface area contributed by atoms with Crippen LogP contribution in [0.5, 0.6) is 0 Å². The van der Waals surface area contributed by atoms with Crippen LogP contribution in [0.15, 0.2) is 46.9 Å². The average Bonchev–Trinajstić information content (AvgIpc) is 2.46. The van der Waals surface area contributed by atoms with Gasteiger partial charge in [0.25, 0.3) is 0 Å². The van der Waals surface area contributed by atoms with Gasteiger partial charge in [0.2, 0.25) is 0 Å². The predicted octanol–water partition coefficient (Wildman–Crippen LogP) is 3.90. The van der Waals surface area contributed by atoms with E-state index < -0.39 is 11.8 Å². The Labute approximate surface area is 127 Å². The molecule has 0 bridgehead atoms. The minimum absolute atomic E-state index is 0.184. The van der Waals surface area contributed by atoms with Crippen molar-refractivity contribution in [3.05, 3.63) is 58.4 Å². The summed E-state index contributed by atoms with van der Waals surface area (Å²) in [7, 11) is 0. The number of nitrogens with zero attached hydrogens (tertiary/aromatic N) is 2. The van der Waals surface area contributed by atoms with Gasteiger partial charge in [-0.15, -0.1) is 0 Å². The summed E-state index contributed by atoms with van der Waals surface area (Å²) in [5.74, 6) is -1.45. The van der Waals surface area contributed by atoms with Gasteiger partial charge in [-0.3, -0.25) is 0 Å². The molecule has 104 valence electrons. The van der Waals surface area contributed by atoms with E-state index in [1.54, 1.807) is 12.1 Å². The second-order valence-electron chi connectivity index (χ2n) is 4.37. The van der Waals surface area contributed by atoms with Gasteiger partial charge in [0.1, 0.15) is 5.82 Å². The minimum Gasteiger partial charge on any atom is -0.476 e. The van der Waals surface area contributed by atoms with Crippen molar-refractivity contribution in [1.29, 1.82) is 0 Å². The highest BCUT2D eigenvalue weighted by Gasteiger charge is 2.15. The van der Waals surface area contributed by atoms with Gasteiger partial charge in [0, 0.05) is 15.4 Å². The largest absolute Gasteiger partial charge is 0.476 e. The molecule has 0 fully saturated rings. The molecule has 0 amide bonds. The second kappa shape index (κ2) is 5.21. The fourth-order valence-corrected chi connectivity index (χ4v) is 2.26. The molecule has 0 unspecified atom stereocenters. The number of benzene rings is 2. The zero-order valence-electron chi connectivity index (χ0n) is 10.5. The van der Waals surface area contributed by atoms with Crippen LogP contribution in [0.2, 0.25) is 0 Å². The highest BCUT2D eigenvalue weighted by molar-refractivity contribution is 9.10. The van der Waals surface area contributed by atoms with E-state index in [9.17, 15) is 14.3 Å². The van der Waals surface area contributed by atoms with E-state index in [-0.39, 0.29) is 11.1 Å². The van der Waals surface area contributed by atoms with Gasteiger partial charge in [-0.2, -0.15) is 0 Å². The number of carbonyl (C=O) groups is 1. The number of rotatable bonds is 2. The molecule has 1 N–H and O–H groups in total. The lowest BCUT2D eigenvalue weighted by Gasteiger charge is -2.06. The molecule has 0 aliphatic carbocycles. The number of carboxylic acid groups (broad SMARTS) is 1. The van der Waals surface area contributed by atoms with Crippen LogP contribution < -0.4 is 0 Å². The molecule has 3 aromatic rings. The van der Waals surface area contributed by atoms with Crippen LogP contribution in [-0.4, -0.2) is 21.0 Å². The minimum atomic E-state index is -1.22. The smallest absolute Gasteiger partial charge is 0.355 e. The zero-order chi connectivity index (χ0) is 15.0. The van der Waals surface area contributed by atoms with Crippen molar-refractivity contribution in [2.45, 2.75) is 0 Å². The Morgan fingerprint density at radius 1 is 1.10 bits per heavy atom. The van der Waals surface area contributed by atoms with Gasteiger partial charge in [-0.1, -0.05) is 28.1 Å². The van der Waals surface area contributed by atoms with Gasteiger partial charge in [0.15, 0.2) is 11.5 Å². The topological polar surface area (TPSA) is 63.1 Å². The van der Waals surface area contributed by atoms with E-state index >= 15 is 0 Å². The molecule has 0 radical (unpaired) electrons. The van der Waals surface area contributed by atoms with Gasteiger partial charge >= 0.3 is 5.97 Å². The maximum Gasteiger partial charge on any atom is 0.355 e. The molecular formula is C15H8BrFN2O2. The molecule has 21 heavy (non-hydrogen) atoms. The van der Waals surface area contributed by atoms with Crippen molar-refractivity contribution in [2.75, 3.05) is 0 Å². The maximum atomic E-state index is 13.3. The Morgan fingerprint density at radius 3 is 2.48 bits per heavy atom. The fraction of sp³-hybridized carbons (Fsp3) is 0. The Kier molecular flexibility index (Phi) is 3.39. The summed E-state index contributed by atoms with van der Waals surface area (Å²) >= 11 is 3.33. The van der Waals surface area contributed by atoms with E-state index in [2.05, 4.69) is 25.9 Å². The number of hydrogen-bond acceptors (Lipinski definition) is 3. The maximum absolute atomic E-state index is 13.3. The summed E-state index contributed by atoms with van der Waals surface area (Å²) in [5.41, 5.74) is 0.867. The molecule has 0 saturated heterocycles. The first-order valence-electron chi connectivity index (χ1n) is 6.01. The van der Waals surface area contributed by atoms with Gasteiger partial charge < -0.3 is 5.11 Å². The molecule has 0 aliphatic rings. The number of fused-ring (bicyclic) bond motifs is 1. The van der Waals surface area contributed by atoms with E-state index in [0.717, 1.165) is 10.5 Å². The van der Waals surface area contributed by atoms with Crippen LogP contribution in [-0.2, 0) is 0 Å².